The number of rotatable bonds is 10. The number of likely N-dealkylation sites (N-methyl/N-ethyl adjacent to an activating group) is 1. The second kappa shape index (κ2) is 11.1. The normalized spacial score (nSPS) is 27.9. The summed E-state index contributed by atoms with van der Waals surface area (Å²) in [5, 5.41) is 0. The van der Waals surface area contributed by atoms with Crippen LogP contribution in [0.5, 0.6) is 0 Å². The summed E-state index contributed by atoms with van der Waals surface area (Å²) in [5.74, 6) is -2.57. The van der Waals surface area contributed by atoms with Gasteiger partial charge in [-0.1, -0.05) is 0 Å². The number of quaternary nitrogens is 1. The molecule has 0 N–H and O–H groups in total. The van der Waals surface area contributed by atoms with E-state index in [2.05, 4.69) is 14.1 Å². The van der Waals surface area contributed by atoms with Gasteiger partial charge in [0.05, 0.1) is 26.7 Å². The Balaban J connectivity index is 2.26. The average Bonchev–Trinajstić information content (AvgIpc) is 3.49. The molecule has 1 aliphatic heterocycles. The minimum absolute atomic E-state index is 0.275. The number of hydrogen-bond donors (Lipinski definition) is 0. The molecule has 0 bridgehead atoms. The van der Waals surface area contributed by atoms with Crippen molar-refractivity contribution in [1.82, 2.24) is 0 Å². The molecule has 1 aliphatic carbocycles. The van der Waals surface area contributed by atoms with Gasteiger partial charge in [-0.2, -0.15) is 0 Å². The third-order valence-electron chi connectivity index (χ3n) is 5.43. The van der Waals surface area contributed by atoms with Gasteiger partial charge >= 0.3 is 23.9 Å². The third-order valence-corrected chi connectivity index (χ3v) is 5.43. The van der Waals surface area contributed by atoms with Gasteiger partial charge in [0.1, 0.15) is 19.3 Å². The van der Waals surface area contributed by atoms with Gasteiger partial charge in [-0.05, 0) is 0 Å². The topological polar surface area (TPSA) is 124 Å². The van der Waals surface area contributed by atoms with Gasteiger partial charge < -0.3 is 32.9 Å². The summed E-state index contributed by atoms with van der Waals surface area (Å²) < 4.78 is 33.7. The molecule has 0 aromatic heterocycles. The molecule has 32 heavy (non-hydrogen) atoms. The van der Waals surface area contributed by atoms with Crippen LogP contribution in [0.1, 0.15) is 40.5 Å². The first-order chi connectivity index (χ1) is 14.9. The Hall–Kier alpha value is -2.24. The molecule has 11 nitrogen and oxygen atoms in total. The molecule has 0 amide bonds. The van der Waals surface area contributed by atoms with Crippen LogP contribution in [-0.4, -0.2) is 99.0 Å². The van der Waals surface area contributed by atoms with Crippen LogP contribution in [0.4, 0.5) is 0 Å². The summed E-state index contributed by atoms with van der Waals surface area (Å²) in [6.45, 7) is 5.45. The van der Waals surface area contributed by atoms with Gasteiger partial charge in [0.2, 0.25) is 0 Å². The highest BCUT2D eigenvalue weighted by molar-refractivity contribution is 5.68. The maximum absolute atomic E-state index is 11.8. The minimum atomic E-state index is -1.22. The van der Waals surface area contributed by atoms with Crippen LogP contribution in [0, 0.1) is 0 Å². The summed E-state index contributed by atoms with van der Waals surface area (Å²) in [7, 11) is 4.21. The smallest absolute Gasteiger partial charge is 0.303 e. The maximum atomic E-state index is 11.8. The summed E-state index contributed by atoms with van der Waals surface area (Å²) in [6, 6.07) is 0.578. The van der Waals surface area contributed by atoms with E-state index in [-0.39, 0.29) is 13.2 Å². The van der Waals surface area contributed by atoms with E-state index in [0.717, 1.165) is 17.3 Å². The Kier molecular flexibility index (Phi) is 8.99. The molecule has 2 fully saturated rings. The zero-order valence-electron chi connectivity index (χ0n) is 19.5. The van der Waals surface area contributed by atoms with Crippen molar-refractivity contribution in [2.45, 2.75) is 77.3 Å². The molecule has 1 saturated carbocycles. The monoisotopic (exact) mass is 460 g/mol. The molecule has 2 rings (SSSR count). The van der Waals surface area contributed by atoms with E-state index in [1.54, 1.807) is 0 Å². The van der Waals surface area contributed by atoms with Crippen molar-refractivity contribution >= 4 is 23.9 Å². The fourth-order valence-corrected chi connectivity index (χ4v) is 3.68. The summed E-state index contributed by atoms with van der Waals surface area (Å²) in [4.78, 5) is 46.7. The van der Waals surface area contributed by atoms with Crippen molar-refractivity contribution in [3.05, 3.63) is 0 Å². The molecule has 0 spiro atoms. The number of carbonyl (C=O) groups is 4. The van der Waals surface area contributed by atoms with Crippen molar-refractivity contribution in [3.63, 3.8) is 0 Å². The lowest BCUT2D eigenvalue weighted by Crippen LogP contribution is -2.63. The Morgan fingerprint density at radius 3 is 1.84 bits per heavy atom. The largest absolute Gasteiger partial charge is 0.463 e. The second-order valence-electron chi connectivity index (χ2n) is 8.67. The minimum Gasteiger partial charge on any atom is -0.463 e. The highest BCUT2D eigenvalue weighted by atomic mass is 16.7. The van der Waals surface area contributed by atoms with Crippen molar-refractivity contribution in [2.24, 2.45) is 0 Å². The van der Waals surface area contributed by atoms with Gasteiger partial charge in [0.25, 0.3) is 0 Å². The van der Waals surface area contributed by atoms with E-state index < -0.39 is 54.6 Å². The lowest BCUT2D eigenvalue weighted by Gasteiger charge is -2.44. The van der Waals surface area contributed by atoms with E-state index in [0.29, 0.717) is 12.6 Å². The van der Waals surface area contributed by atoms with Crippen molar-refractivity contribution in [2.75, 3.05) is 33.9 Å². The first kappa shape index (κ1) is 26.0. The highest BCUT2D eigenvalue weighted by Gasteiger charge is 2.53. The number of ether oxygens (including phenoxy) is 6. The second-order valence-corrected chi connectivity index (χ2v) is 8.67. The van der Waals surface area contributed by atoms with Crippen LogP contribution in [0.2, 0.25) is 0 Å². The van der Waals surface area contributed by atoms with Crippen LogP contribution >= 0.6 is 0 Å². The van der Waals surface area contributed by atoms with E-state index >= 15 is 0 Å². The Morgan fingerprint density at radius 1 is 0.812 bits per heavy atom. The van der Waals surface area contributed by atoms with Gasteiger partial charge in [-0.25, -0.2) is 0 Å². The van der Waals surface area contributed by atoms with E-state index in [9.17, 15) is 19.2 Å². The molecule has 2 aliphatic rings. The number of carbonyl (C=O) groups excluding carboxylic acids is 4. The van der Waals surface area contributed by atoms with Gasteiger partial charge in [-0.15, -0.1) is 0 Å². The Morgan fingerprint density at radius 2 is 1.34 bits per heavy atom. The van der Waals surface area contributed by atoms with E-state index in [4.69, 9.17) is 28.4 Å². The lowest BCUT2D eigenvalue weighted by molar-refractivity contribution is -0.901. The molecular weight excluding hydrogens is 426 g/mol. The first-order valence-electron chi connectivity index (χ1n) is 10.7. The van der Waals surface area contributed by atoms with E-state index in [1.165, 1.54) is 27.7 Å². The molecule has 5 atom stereocenters. The van der Waals surface area contributed by atoms with Crippen molar-refractivity contribution in [3.8, 4) is 0 Å². The van der Waals surface area contributed by atoms with Gasteiger partial charge in [0.15, 0.2) is 24.6 Å². The quantitative estimate of drug-likeness (QED) is 0.256. The molecule has 0 aromatic rings. The number of hydrogen-bond acceptors (Lipinski definition) is 10. The molecule has 1 saturated heterocycles. The van der Waals surface area contributed by atoms with Crippen LogP contribution in [0.3, 0.4) is 0 Å². The first-order valence-corrected chi connectivity index (χ1v) is 10.7. The standard InChI is InChI=1S/C21H34NO10/c1-12(23)28-11-17-18(29-13(2)24)19(30-14(3)25)20(31-15(4)26)21(32-17)27-10-9-22(5,6)16-7-8-16/h16-21H,7-11H2,1-6H3/q+1/t17-,18-,19+,20-,21-/m1/s1. The van der Waals surface area contributed by atoms with Crippen LogP contribution in [0.25, 0.3) is 0 Å². The van der Waals surface area contributed by atoms with E-state index in [1.807, 2.05) is 0 Å². The van der Waals surface area contributed by atoms with Gasteiger partial charge in [0, 0.05) is 40.5 Å². The Bertz CT molecular complexity index is 705. The molecule has 1 heterocycles. The maximum Gasteiger partial charge on any atom is 0.303 e. The molecule has 0 unspecified atom stereocenters. The zero-order chi connectivity index (χ0) is 24.1. The molecule has 0 radical (unpaired) electrons. The lowest BCUT2D eigenvalue weighted by atomic mass is 9.98. The summed E-state index contributed by atoms with van der Waals surface area (Å²) in [6.07, 6.45) is -3.40. The van der Waals surface area contributed by atoms with Crippen LogP contribution in [0.15, 0.2) is 0 Å². The van der Waals surface area contributed by atoms with Crippen molar-refractivity contribution < 1.29 is 52.1 Å². The fraction of sp³-hybridized carbons (Fsp3) is 0.810. The number of nitrogens with zero attached hydrogens (tertiary/aromatic N) is 1. The molecule has 11 heteroatoms. The molecule has 0 aromatic carbocycles. The predicted molar refractivity (Wildman–Crippen MR) is 108 cm³/mol. The predicted octanol–water partition coefficient (Wildman–Crippen LogP) is 0.325. The van der Waals surface area contributed by atoms with Crippen LogP contribution < -0.4 is 0 Å². The third kappa shape index (κ3) is 7.72. The van der Waals surface area contributed by atoms with Crippen LogP contribution in [-0.2, 0) is 47.6 Å². The SMILES string of the molecule is CC(=O)OC[C@H]1O[C@@H](OCC[N+](C)(C)C2CC2)[C@H](OC(C)=O)[C@@H](OC(C)=O)[C@@H]1OC(C)=O. The van der Waals surface area contributed by atoms with Crippen molar-refractivity contribution in [1.29, 1.82) is 0 Å². The zero-order valence-corrected chi connectivity index (χ0v) is 19.5. The number of esters is 4. The fourth-order valence-electron chi connectivity index (χ4n) is 3.68. The highest BCUT2D eigenvalue weighted by Crippen LogP contribution is 2.32. The molecule has 182 valence electrons. The summed E-state index contributed by atoms with van der Waals surface area (Å²) >= 11 is 0. The summed E-state index contributed by atoms with van der Waals surface area (Å²) in [5.41, 5.74) is 0. The Labute approximate surface area is 187 Å². The van der Waals surface area contributed by atoms with Gasteiger partial charge in [-0.3, -0.25) is 19.2 Å². The average molecular weight is 461 g/mol. The molecular formula is C21H34NO10+.